The topological polar surface area (TPSA) is 72.1 Å². The van der Waals surface area contributed by atoms with Crippen LogP contribution in [0.4, 0.5) is 0 Å². The third-order valence-electron chi connectivity index (χ3n) is 5.92. The van der Waals surface area contributed by atoms with Gasteiger partial charge in [-0.3, -0.25) is 4.79 Å². The Morgan fingerprint density at radius 2 is 2.03 bits per heavy atom. The molecule has 1 amide bonds. The monoisotopic (exact) mass is 473 g/mol. The predicted octanol–water partition coefficient (Wildman–Crippen LogP) is 3.22. The summed E-state index contributed by atoms with van der Waals surface area (Å²) in [6, 6.07) is 1.55. The number of benzene rings is 1. The van der Waals surface area contributed by atoms with E-state index in [9.17, 15) is 4.79 Å². The van der Waals surface area contributed by atoms with Crippen LogP contribution in [-0.4, -0.2) is 77.0 Å². The van der Waals surface area contributed by atoms with Crippen LogP contribution in [-0.2, 0) is 4.74 Å². The Balaban J connectivity index is 1.59. The lowest BCUT2D eigenvalue weighted by Gasteiger charge is -2.38. The molecule has 3 rings (SSSR count). The third kappa shape index (κ3) is 6.39. The number of carbonyl (C=O) groups is 1. The van der Waals surface area contributed by atoms with Crippen molar-refractivity contribution >= 4 is 29.1 Å². The molecule has 0 bridgehead atoms. The van der Waals surface area contributed by atoms with Gasteiger partial charge in [0.15, 0.2) is 11.5 Å². The summed E-state index contributed by atoms with van der Waals surface area (Å²) in [6.07, 6.45) is 4.12. The molecule has 1 saturated heterocycles. The summed E-state index contributed by atoms with van der Waals surface area (Å²) in [5.41, 5.74) is 0.349. The van der Waals surface area contributed by atoms with Gasteiger partial charge in [0.25, 0.3) is 5.91 Å². The first-order chi connectivity index (χ1) is 15.0. The Bertz CT molecular complexity index is 750. The quantitative estimate of drug-likeness (QED) is 0.536. The summed E-state index contributed by atoms with van der Waals surface area (Å²) in [6.45, 7) is 5.48. The number of hydrogen-bond donors (Lipinski definition) is 2. The average molecular weight is 474 g/mol. The van der Waals surface area contributed by atoms with Gasteiger partial charge in [-0.2, -0.15) is 0 Å². The average Bonchev–Trinajstić information content (AvgIpc) is 3.04. The molecule has 0 aromatic heterocycles. The highest BCUT2D eigenvalue weighted by molar-refractivity contribution is 6.43. The molecule has 0 spiro atoms. The van der Waals surface area contributed by atoms with E-state index in [0.717, 1.165) is 32.6 Å². The molecule has 0 radical (unpaired) electrons. The zero-order valence-corrected chi connectivity index (χ0v) is 19.9. The van der Waals surface area contributed by atoms with E-state index >= 15 is 0 Å². The number of rotatable bonds is 9. The van der Waals surface area contributed by atoms with Gasteiger partial charge in [-0.05, 0) is 52.0 Å². The number of nitrogens with zero attached hydrogens (tertiary/aromatic N) is 1. The van der Waals surface area contributed by atoms with Crippen molar-refractivity contribution in [3.63, 3.8) is 0 Å². The molecule has 2 N–H and O–H groups in total. The Hall–Kier alpha value is -1.25. The van der Waals surface area contributed by atoms with Crippen LogP contribution in [0.1, 0.15) is 36.0 Å². The molecular weight excluding hydrogens is 441 g/mol. The first kappa shape index (κ1) is 24.4. The molecule has 0 aliphatic carbocycles. The van der Waals surface area contributed by atoms with E-state index in [1.54, 1.807) is 13.2 Å². The SMILES string of the molecule is CNCCCCN1CC[C@@H](CNC(=O)c2cc(Cl)c(Cl)c3c2OCCCO3)[C@H](OC)C1. The summed E-state index contributed by atoms with van der Waals surface area (Å²) >= 11 is 12.5. The molecule has 2 atom stereocenters. The van der Waals surface area contributed by atoms with Crippen molar-refractivity contribution in [2.24, 2.45) is 5.92 Å². The molecule has 9 heteroatoms. The van der Waals surface area contributed by atoms with E-state index in [4.69, 9.17) is 37.4 Å². The highest BCUT2D eigenvalue weighted by Gasteiger charge is 2.30. The number of fused-ring (bicyclic) bond motifs is 1. The maximum Gasteiger partial charge on any atom is 0.255 e. The van der Waals surface area contributed by atoms with Gasteiger partial charge in [-0.25, -0.2) is 0 Å². The second kappa shape index (κ2) is 12.1. The van der Waals surface area contributed by atoms with Crippen molar-refractivity contribution in [1.29, 1.82) is 0 Å². The van der Waals surface area contributed by atoms with Crippen LogP contribution < -0.4 is 20.1 Å². The maximum absolute atomic E-state index is 13.0. The maximum atomic E-state index is 13.0. The minimum absolute atomic E-state index is 0.0869. The van der Waals surface area contributed by atoms with Gasteiger partial charge in [0.2, 0.25) is 0 Å². The molecule has 2 aliphatic rings. The second-order valence-electron chi connectivity index (χ2n) is 8.07. The molecule has 1 aromatic rings. The fourth-order valence-electron chi connectivity index (χ4n) is 4.12. The Labute approximate surface area is 194 Å². The molecule has 31 heavy (non-hydrogen) atoms. The number of amides is 1. The summed E-state index contributed by atoms with van der Waals surface area (Å²) < 4.78 is 17.2. The first-order valence-electron chi connectivity index (χ1n) is 11.0. The molecule has 2 heterocycles. The Morgan fingerprint density at radius 3 is 2.77 bits per heavy atom. The van der Waals surface area contributed by atoms with Crippen LogP contribution in [0, 0.1) is 5.92 Å². The first-order valence-corrected chi connectivity index (χ1v) is 11.8. The van der Waals surface area contributed by atoms with Crippen molar-refractivity contribution in [3.8, 4) is 11.5 Å². The molecule has 2 aliphatic heterocycles. The van der Waals surface area contributed by atoms with Gasteiger partial charge >= 0.3 is 0 Å². The zero-order valence-electron chi connectivity index (χ0n) is 18.3. The number of halogens is 2. The van der Waals surface area contributed by atoms with Gasteiger partial charge in [-0.1, -0.05) is 23.2 Å². The van der Waals surface area contributed by atoms with E-state index in [-0.39, 0.29) is 28.0 Å². The fourth-order valence-corrected chi connectivity index (χ4v) is 4.51. The minimum Gasteiger partial charge on any atom is -0.489 e. The normalized spacial score (nSPS) is 21.5. The van der Waals surface area contributed by atoms with Crippen LogP contribution in [0.3, 0.4) is 0 Å². The van der Waals surface area contributed by atoms with Crippen molar-refractivity contribution in [1.82, 2.24) is 15.5 Å². The van der Waals surface area contributed by atoms with Crippen molar-refractivity contribution < 1.29 is 19.0 Å². The summed E-state index contributed by atoms with van der Waals surface area (Å²) in [7, 11) is 3.73. The lowest BCUT2D eigenvalue weighted by atomic mass is 9.93. The molecule has 0 unspecified atom stereocenters. The largest absolute Gasteiger partial charge is 0.489 e. The van der Waals surface area contributed by atoms with Gasteiger partial charge < -0.3 is 29.7 Å². The molecule has 174 valence electrons. The van der Waals surface area contributed by atoms with Crippen LogP contribution in [0.5, 0.6) is 11.5 Å². The Kier molecular flexibility index (Phi) is 9.53. The van der Waals surface area contributed by atoms with Crippen LogP contribution >= 0.6 is 23.2 Å². The van der Waals surface area contributed by atoms with Gasteiger partial charge in [0.05, 0.1) is 29.9 Å². The molecule has 0 saturated carbocycles. The van der Waals surface area contributed by atoms with E-state index in [0.29, 0.717) is 43.2 Å². The smallest absolute Gasteiger partial charge is 0.255 e. The lowest BCUT2D eigenvalue weighted by molar-refractivity contribution is -0.0107. The molecular formula is C22H33Cl2N3O4. The van der Waals surface area contributed by atoms with Gasteiger partial charge in [-0.15, -0.1) is 0 Å². The van der Waals surface area contributed by atoms with Gasteiger partial charge in [0, 0.05) is 32.5 Å². The van der Waals surface area contributed by atoms with Crippen molar-refractivity contribution in [2.75, 3.05) is 60.1 Å². The molecule has 1 fully saturated rings. The van der Waals surface area contributed by atoms with Crippen molar-refractivity contribution in [3.05, 3.63) is 21.7 Å². The highest BCUT2D eigenvalue weighted by atomic mass is 35.5. The number of piperidine rings is 1. The minimum atomic E-state index is -0.246. The van der Waals surface area contributed by atoms with Gasteiger partial charge in [0.1, 0.15) is 5.02 Å². The van der Waals surface area contributed by atoms with E-state index in [1.807, 2.05) is 7.05 Å². The summed E-state index contributed by atoms with van der Waals surface area (Å²) in [5.74, 6) is 0.716. The van der Waals surface area contributed by atoms with Crippen LogP contribution in [0.15, 0.2) is 6.07 Å². The van der Waals surface area contributed by atoms with Crippen LogP contribution in [0.2, 0.25) is 10.0 Å². The third-order valence-corrected chi connectivity index (χ3v) is 6.69. The number of hydrogen-bond acceptors (Lipinski definition) is 6. The number of ether oxygens (including phenoxy) is 3. The Morgan fingerprint density at radius 1 is 1.26 bits per heavy atom. The molecule has 1 aromatic carbocycles. The number of likely N-dealkylation sites (tertiary alicyclic amines) is 1. The fraction of sp³-hybridized carbons (Fsp3) is 0.682. The second-order valence-corrected chi connectivity index (χ2v) is 8.86. The number of nitrogens with one attached hydrogen (secondary N) is 2. The van der Waals surface area contributed by atoms with E-state index < -0.39 is 0 Å². The van der Waals surface area contributed by atoms with Crippen molar-refractivity contribution in [2.45, 2.75) is 31.8 Å². The number of unbranched alkanes of at least 4 members (excludes halogenated alkanes) is 1. The van der Waals surface area contributed by atoms with Crippen LogP contribution in [0.25, 0.3) is 0 Å². The zero-order chi connectivity index (χ0) is 22.2. The lowest BCUT2D eigenvalue weighted by Crippen LogP contribution is -2.48. The summed E-state index contributed by atoms with van der Waals surface area (Å²) in [4.78, 5) is 15.4. The molecule has 7 nitrogen and oxygen atoms in total. The standard InChI is InChI=1S/C22H33Cl2N3O4/c1-25-7-3-4-8-27-9-6-15(18(14-27)29-2)13-26-22(28)16-12-17(23)19(24)21-20(16)30-10-5-11-31-21/h12,15,18,25H,3-11,13-14H2,1-2H3,(H,26,28)/t15-,18+/m0/s1. The number of carbonyl (C=O) groups excluding carboxylic acids is 1. The summed E-state index contributed by atoms with van der Waals surface area (Å²) in [5, 5.41) is 6.78. The highest BCUT2D eigenvalue weighted by Crippen LogP contribution is 2.44. The predicted molar refractivity (Wildman–Crippen MR) is 123 cm³/mol. The van der Waals surface area contributed by atoms with E-state index in [1.165, 1.54) is 12.8 Å². The number of methoxy groups -OCH3 is 1. The van der Waals surface area contributed by atoms with E-state index in [2.05, 4.69) is 15.5 Å².